The SMILES string of the molecule is O=C(OCCC1=CCCCC1)C1(C(=O)OCCC2=CCCCC2)CCCCC1. The van der Waals surface area contributed by atoms with E-state index in [4.69, 9.17) is 9.47 Å². The molecule has 0 saturated heterocycles. The Balaban J connectivity index is 1.51. The Morgan fingerprint density at radius 3 is 1.64 bits per heavy atom. The largest absolute Gasteiger partial charge is 0.464 e. The number of hydrogen-bond donors (Lipinski definition) is 0. The number of carbonyl (C=O) groups excluding carboxylic acids is 2. The molecule has 4 nitrogen and oxygen atoms in total. The van der Waals surface area contributed by atoms with Crippen molar-refractivity contribution in [3.05, 3.63) is 23.3 Å². The van der Waals surface area contributed by atoms with Crippen molar-refractivity contribution < 1.29 is 19.1 Å². The van der Waals surface area contributed by atoms with Crippen LogP contribution in [0.4, 0.5) is 0 Å². The lowest BCUT2D eigenvalue weighted by Gasteiger charge is -2.32. The second-order valence-corrected chi connectivity index (χ2v) is 8.63. The summed E-state index contributed by atoms with van der Waals surface area (Å²) in [5, 5.41) is 0. The minimum Gasteiger partial charge on any atom is -0.464 e. The van der Waals surface area contributed by atoms with Crippen LogP contribution in [0.25, 0.3) is 0 Å². The molecule has 0 bridgehead atoms. The van der Waals surface area contributed by atoms with Crippen molar-refractivity contribution >= 4 is 11.9 Å². The standard InChI is InChI=1S/C24H36O4/c25-22(27-18-14-20-10-4-1-5-11-20)24(16-8-3-9-17-24)23(26)28-19-15-21-12-6-2-7-13-21/h10,12H,1-9,11,13-19H2. The van der Waals surface area contributed by atoms with Crippen molar-refractivity contribution in [1.29, 1.82) is 0 Å². The normalized spacial score (nSPS) is 22.0. The van der Waals surface area contributed by atoms with Crippen LogP contribution in [0.5, 0.6) is 0 Å². The topological polar surface area (TPSA) is 52.6 Å². The van der Waals surface area contributed by atoms with Gasteiger partial charge in [-0.15, -0.1) is 0 Å². The van der Waals surface area contributed by atoms with Gasteiger partial charge >= 0.3 is 11.9 Å². The summed E-state index contributed by atoms with van der Waals surface area (Å²) < 4.78 is 11.2. The lowest BCUT2D eigenvalue weighted by atomic mass is 9.74. The quantitative estimate of drug-likeness (QED) is 0.299. The first kappa shape index (κ1) is 21.1. The molecule has 0 atom stereocenters. The number of ether oxygens (including phenoxy) is 2. The number of rotatable bonds is 8. The third-order valence-electron chi connectivity index (χ3n) is 6.57. The van der Waals surface area contributed by atoms with Gasteiger partial charge in [0.2, 0.25) is 0 Å². The molecule has 1 saturated carbocycles. The average molecular weight is 389 g/mol. The maximum Gasteiger partial charge on any atom is 0.323 e. The molecule has 0 unspecified atom stereocenters. The minimum absolute atomic E-state index is 0.356. The number of hydrogen-bond acceptors (Lipinski definition) is 4. The van der Waals surface area contributed by atoms with Crippen LogP contribution >= 0.6 is 0 Å². The van der Waals surface area contributed by atoms with Crippen LogP contribution < -0.4 is 0 Å². The fourth-order valence-corrected chi connectivity index (χ4v) is 4.74. The average Bonchev–Trinajstić information content (AvgIpc) is 2.75. The van der Waals surface area contributed by atoms with Crippen molar-refractivity contribution in [2.75, 3.05) is 13.2 Å². The Kier molecular flexibility index (Phi) is 8.17. The van der Waals surface area contributed by atoms with Gasteiger partial charge in [-0.1, -0.05) is 42.6 Å². The van der Waals surface area contributed by atoms with Gasteiger partial charge in [-0.2, -0.15) is 0 Å². The first-order valence-electron chi connectivity index (χ1n) is 11.4. The second-order valence-electron chi connectivity index (χ2n) is 8.63. The van der Waals surface area contributed by atoms with Crippen molar-refractivity contribution in [2.45, 2.75) is 96.3 Å². The summed E-state index contributed by atoms with van der Waals surface area (Å²) >= 11 is 0. The van der Waals surface area contributed by atoms with Gasteiger partial charge in [0, 0.05) is 12.8 Å². The summed E-state index contributed by atoms with van der Waals surface area (Å²) in [6.45, 7) is 0.763. The molecule has 0 heterocycles. The lowest BCUT2D eigenvalue weighted by molar-refractivity contribution is -0.175. The molecule has 0 N–H and O–H groups in total. The van der Waals surface area contributed by atoms with Gasteiger partial charge in [-0.3, -0.25) is 9.59 Å². The van der Waals surface area contributed by atoms with Crippen LogP contribution in [0.1, 0.15) is 96.3 Å². The zero-order chi connectivity index (χ0) is 19.7. The van der Waals surface area contributed by atoms with Gasteiger partial charge < -0.3 is 9.47 Å². The van der Waals surface area contributed by atoms with E-state index in [1.54, 1.807) is 0 Å². The molecule has 3 aliphatic carbocycles. The molecule has 0 aliphatic heterocycles. The summed E-state index contributed by atoms with van der Waals surface area (Å²) in [7, 11) is 0. The van der Waals surface area contributed by atoms with Crippen molar-refractivity contribution in [1.82, 2.24) is 0 Å². The van der Waals surface area contributed by atoms with Gasteiger partial charge in [0.25, 0.3) is 0 Å². The van der Waals surface area contributed by atoms with E-state index in [-0.39, 0.29) is 11.9 Å². The second kappa shape index (κ2) is 10.8. The smallest absolute Gasteiger partial charge is 0.323 e. The summed E-state index contributed by atoms with van der Waals surface area (Å²) in [5.41, 5.74) is 1.71. The molecule has 0 aromatic carbocycles. The van der Waals surface area contributed by atoms with Gasteiger partial charge in [0.05, 0.1) is 13.2 Å². The predicted octanol–water partition coefficient (Wildman–Crippen LogP) is 5.80. The number of esters is 2. The molecule has 3 aliphatic rings. The number of carbonyl (C=O) groups is 2. The van der Waals surface area contributed by atoms with E-state index in [1.807, 2.05) is 0 Å². The predicted molar refractivity (Wildman–Crippen MR) is 110 cm³/mol. The monoisotopic (exact) mass is 388 g/mol. The molecule has 0 radical (unpaired) electrons. The van der Waals surface area contributed by atoms with Gasteiger partial charge in [0.1, 0.15) is 0 Å². The van der Waals surface area contributed by atoms with Crippen molar-refractivity contribution in [2.24, 2.45) is 5.41 Å². The van der Waals surface area contributed by atoms with Crippen molar-refractivity contribution in [3.63, 3.8) is 0 Å². The molecule has 28 heavy (non-hydrogen) atoms. The van der Waals surface area contributed by atoms with Crippen LogP contribution in [0.15, 0.2) is 23.3 Å². The Morgan fingerprint density at radius 2 is 1.21 bits per heavy atom. The van der Waals surface area contributed by atoms with Crippen LogP contribution in [-0.2, 0) is 19.1 Å². The van der Waals surface area contributed by atoms with Crippen LogP contribution in [0.3, 0.4) is 0 Å². The Labute approximate surface area is 169 Å². The maximum absolute atomic E-state index is 12.9. The minimum atomic E-state index is -1.07. The third kappa shape index (κ3) is 5.71. The zero-order valence-corrected chi connectivity index (χ0v) is 17.3. The molecule has 0 aromatic heterocycles. The lowest BCUT2D eigenvalue weighted by Crippen LogP contribution is -2.43. The first-order valence-corrected chi connectivity index (χ1v) is 11.4. The van der Waals surface area contributed by atoms with E-state index in [0.29, 0.717) is 26.1 Å². The fraction of sp³-hybridized carbons (Fsp3) is 0.750. The molecular weight excluding hydrogens is 352 g/mol. The highest BCUT2D eigenvalue weighted by atomic mass is 16.6. The highest BCUT2D eigenvalue weighted by Crippen LogP contribution is 2.39. The first-order chi connectivity index (χ1) is 13.7. The molecule has 1 fully saturated rings. The molecule has 0 spiro atoms. The Bertz CT molecular complexity index is 550. The fourth-order valence-electron chi connectivity index (χ4n) is 4.74. The molecule has 4 heteroatoms. The zero-order valence-electron chi connectivity index (χ0n) is 17.3. The Morgan fingerprint density at radius 1 is 0.714 bits per heavy atom. The van der Waals surface area contributed by atoms with Gasteiger partial charge in [-0.25, -0.2) is 0 Å². The van der Waals surface area contributed by atoms with E-state index in [0.717, 1.165) is 57.8 Å². The van der Waals surface area contributed by atoms with E-state index < -0.39 is 5.41 Å². The molecule has 3 rings (SSSR count). The summed E-state index contributed by atoms with van der Waals surface area (Å²) in [5.74, 6) is -0.712. The van der Waals surface area contributed by atoms with E-state index in [2.05, 4.69) is 12.2 Å². The maximum atomic E-state index is 12.9. The van der Waals surface area contributed by atoms with Crippen molar-refractivity contribution in [3.8, 4) is 0 Å². The van der Waals surface area contributed by atoms with E-state index >= 15 is 0 Å². The summed E-state index contributed by atoms with van der Waals surface area (Å²) in [4.78, 5) is 25.8. The Hall–Kier alpha value is -1.58. The summed E-state index contributed by atoms with van der Waals surface area (Å²) in [6, 6.07) is 0. The molecular formula is C24H36O4. The highest BCUT2D eigenvalue weighted by molar-refractivity contribution is 6.00. The van der Waals surface area contributed by atoms with Crippen LogP contribution in [0.2, 0.25) is 0 Å². The third-order valence-corrected chi connectivity index (χ3v) is 6.57. The van der Waals surface area contributed by atoms with Crippen LogP contribution in [-0.4, -0.2) is 25.2 Å². The molecule has 0 aromatic rings. The van der Waals surface area contributed by atoms with Gasteiger partial charge in [-0.05, 0) is 64.2 Å². The summed E-state index contributed by atoms with van der Waals surface area (Å²) in [6.07, 6.45) is 19.6. The van der Waals surface area contributed by atoms with E-state index in [1.165, 1.54) is 36.8 Å². The van der Waals surface area contributed by atoms with Gasteiger partial charge in [0.15, 0.2) is 5.41 Å². The molecule has 156 valence electrons. The molecule has 0 amide bonds. The van der Waals surface area contributed by atoms with Crippen LogP contribution in [0, 0.1) is 5.41 Å². The highest BCUT2D eigenvalue weighted by Gasteiger charge is 2.49. The van der Waals surface area contributed by atoms with E-state index in [9.17, 15) is 9.59 Å². The number of allylic oxidation sites excluding steroid dienone is 2.